The van der Waals surface area contributed by atoms with Crippen LogP contribution in [0, 0.1) is 0 Å². The molecule has 2 heterocycles. The first-order valence-electron chi connectivity index (χ1n) is 8.37. The molecule has 2 aliphatic heterocycles. The van der Waals surface area contributed by atoms with Gasteiger partial charge in [0.2, 0.25) is 0 Å². The summed E-state index contributed by atoms with van der Waals surface area (Å²) < 4.78 is 19.1. The quantitative estimate of drug-likeness (QED) is 0.498. The summed E-state index contributed by atoms with van der Waals surface area (Å²) in [5.41, 5.74) is 0. The Kier molecular flexibility index (Phi) is 7.01. The molecule has 0 aromatic heterocycles. The molecule has 2 saturated heterocycles. The van der Waals surface area contributed by atoms with E-state index in [1.807, 2.05) is 0 Å². The van der Waals surface area contributed by atoms with E-state index in [4.69, 9.17) is 14.2 Å². The predicted octanol–water partition coefficient (Wildman–Crippen LogP) is 5.84. The second kappa shape index (κ2) is 8.09. The number of hydrogen-bond acceptors (Lipinski definition) is 3. The van der Waals surface area contributed by atoms with E-state index in [2.05, 4.69) is 45.7 Å². The fourth-order valence-corrected chi connectivity index (χ4v) is 4.82. The summed E-state index contributed by atoms with van der Waals surface area (Å²) >= 11 is 7.23. The molecule has 2 fully saturated rings. The van der Waals surface area contributed by atoms with Crippen molar-refractivity contribution >= 4 is 31.9 Å². The molecule has 3 nitrogen and oxygen atoms in total. The zero-order valence-electron chi connectivity index (χ0n) is 13.2. The summed E-state index contributed by atoms with van der Waals surface area (Å²) in [6.07, 6.45) is 10.3. The first-order valence-corrected chi connectivity index (χ1v) is 10.2. The zero-order chi connectivity index (χ0) is 15.3. The molecule has 0 N–H and O–H groups in total. The van der Waals surface area contributed by atoms with Gasteiger partial charge in [0.05, 0.1) is 0 Å². The number of rotatable bonds is 6. The van der Waals surface area contributed by atoms with Gasteiger partial charge in [-0.1, -0.05) is 58.5 Å². The maximum Gasteiger partial charge on any atom is 0.173 e. The van der Waals surface area contributed by atoms with Crippen LogP contribution in [0.5, 0.6) is 0 Å². The minimum absolute atomic E-state index is 0.0971. The lowest BCUT2D eigenvalue weighted by molar-refractivity contribution is -0.385. The monoisotopic (exact) mass is 426 g/mol. The Labute approximate surface area is 145 Å². The molecule has 0 radical (unpaired) electrons. The molecular weight excluding hydrogens is 400 g/mol. The van der Waals surface area contributed by atoms with Crippen molar-refractivity contribution in [3.05, 3.63) is 0 Å². The van der Waals surface area contributed by atoms with E-state index in [0.29, 0.717) is 0 Å². The smallest absolute Gasteiger partial charge is 0.173 e. The molecule has 2 aliphatic rings. The van der Waals surface area contributed by atoms with Crippen molar-refractivity contribution in [3.63, 3.8) is 0 Å². The molecule has 5 heteroatoms. The van der Waals surface area contributed by atoms with Crippen LogP contribution in [0.25, 0.3) is 0 Å². The molecule has 4 atom stereocenters. The van der Waals surface area contributed by atoms with Crippen LogP contribution in [0.15, 0.2) is 0 Å². The second-order valence-electron chi connectivity index (χ2n) is 6.26. The zero-order valence-corrected chi connectivity index (χ0v) is 16.4. The van der Waals surface area contributed by atoms with Crippen LogP contribution in [0.1, 0.15) is 78.1 Å². The van der Waals surface area contributed by atoms with Crippen LogP contribution >= 0.6 is 31.9 Å². The molecule has 0 bridgehead atoms. The summed E-state index contributed by atoms with van der Waals surface area (Å²) in [5, 5.41) is 0.194. The molecule has 21 heavy (non-hydrogen) atoms. The number of halogens is 2. The van der Waals surface area contributed by atoms with Crippen molar-refractivity contribution in [1.82, 2.24) is 0 Å². The lowest BCUT2D eigenvalue weighted by atomic mass is 9.96. The van der Waals surface area contributed by atoms with Gasteiger partial charge in [-0.2, -0.15) is 0 Å². The molecule has 0 aliphatic carbocycles. The van der Waals surface area contributed by atoms with Crippen molar-refractivity contribution in [1.29, 1.82) is 0 Å². The van der Waals surface area contributed by atoms with Crippen LogP contribution in [-0.4, -0.2) is 21.6 Å². The summed E-state index contributed by atoms with van der Waals surface area (Å²) in [6, 6.07) is 0. The summed E-state index contributed by atoms with van der Waals surface area (Å²) in [6.45, 7) is 4.38. The summed E-state index contributed by atoms with van der Waals surface area (Å²) in [5.74, 6) is -0.971. The van der Waals surface area contributed by atoms with Gasteiger partial charge in [-0.25, -0.2) is 0 Å². The molecule has 0 spiro atoms. The maximum atomic E-state index is 6.62. The van der Waals surface area contributed by atoms with E-state index >= 15 is 0 Å². The third-order valence-corrected chi connectivity index (χ3v) is 5.59. The highest BCUT2D eigenvalue weighted by Gasteiger charge is 2.47. The van der Waals surface area contributed by atoms with Crippen LogP contribution in [0.2, 0.25) is 0 Å². The van der Waals surface area contributed by atoms with Gasteiger partial charge in [-0.3, -0.25) is 0 Å². The minimum atomic E-state index is -0.486. The van der Waals surface area contributed by atoms with E-state index in [-0.39, 0.29) is 10.0 Å². The maximum absolute atomic E-state index is 6.62. The first-order chi connectivity index (χ1) is 10.0. The highest BCUT2D eigenvalue weighted by molar-refractivity contribution is 9.09. The Morgan fingerprint density at radius 2 is 1.33 bits per heavy atom. The Hall–Kier alpha value is 0.840. The molecule has 2 rings (SSSR count). The van der Waals surface area contributed by atoms with Crippen molar-refractivity contribution in [2.45, 2.75) is 99.7 Å². The predicted molar refractivity (Wildman–Crippen MR) is 91.7 cm³/mol. The highest BCUT2D eigenvalue weighted by atomic mass is 79.9. The van der Waals surface area contributed by atoms with E-state index in [1.165, 1.54) is 0 Å². The molecule has 0 amide bonds. The molecule has 4 unspecified atom stereocenters. The Balaban J connectivity index is 2.15. The van der Waals surface area contributed by atoms with Gasteiger partial charge >= 0.3 is 0 Å². The van der Waals surface area contributed by atoms with Gasteiger partial charge in [0.15, 0.2) is 11.6 Å². The van der Waals surface area contributed by atoms with Crippen molar-refractivity contribution in [2.24, 2.45) is 0 Å². The van der Waals surface area contributed by atoms with Crippen molar-refractivity contribution in [3.8, 4) is 0 Å². The molecule has 124 valence electrons. The molecular formula is C16H28Br2O3. The van der Waals surface area contributed by atoms with Gasteiger partial charge in [-0.05, 0) is 25.7 Å². The van der Waals surface area contributed by atoms with E-state index in [1.54, 1.807) is 0 Å². The third-order valence-electron chi connectivity index (χ3n) is 4.30. The fraction of sp³-hybridized carbons (Fsp3) is 1.00. The van der Waals surface area contributed by atoms with Gasteiger partial charge in [0.25, 0.3) is 0 Å². The summed E-state index contributed by atoms with van der Waals surface area (Å²) in [7, 11) is 0. The Morgan fingerprint density at radius 3 is 1.67 bits per heavy atom. The lowest BCUT2D eigenvalue weighted by Gasteiger charge is -2.48. The Morgan fingerprint density at radius 1 is 0.905 bits per heavy atom. The molecule has 0 aromatic carbocycles. The van der Waals surface area contributed by atoms with Crippen LogP contribution in [0.4, 0.5) is 0 Å². The number of hydrogen-bond donors (Lipinski definition) is 0. The lowest BCUT2D eigenvalue weighted by Crippen LogP contribution is -2.52. The van der Waals surface area contributed by atoms with E-state index in [0.717, 1.165) is 64.2 Å². The van der Waals surface area contributed by atoms with Crippen molar-refractivity contribution < 1.29 is 14.2 Å². The summed E-state index contributed by atoms with van der Waals surface area (Å²) in [4.78, 5) is 0. The average Bonchev–Trinajstić information content (AvgIpc) is 2.38. The topological polar surface area (TPSA) is 27.7 Å². The van der Waals surface area contributed by atoms with Crippen LogP contribution < -0.4 is 0 Å². The van der Waals surface area contributed by atoms with Gasteiger partial charge < -0.3 is 14.2 Å². The SMILES string of the molecule is CCCC1(OC2(CCC)CCCC(Br)O2)CCCC(Br)O1. The van der Waals surface area contributed by atoms with Crippen LogP contribution in [-0.2, 0) is 14.2 Å². The number of alkyl halides is 2. The normalized spacial score (nSPS) is 41.1. The van der Waals surface area contributed by atoms with E-state index in [9.17, 15) is 0 Å². The van der Waals surface area contributed by atoms with Gasteiger partial charge in [0, 0.05) is 25.7 Å². The second-order valence-corrected chi connectivity index (χ2v) is 8.31. The van der Waals surface area contributed by atoms with Crippen LogP contribution in [0.3, 0.4) is 0 Å². The molecule has 0 aromatic rings. The standard InChI is InChI=1S/C16H28Br2O3/c1-3-9-15(11-5-7-13(17)19-15)21-16(10-4-2)12-6-8-14(18)20-16/h13-14H,3-12H2,1-2H3. The number of ether oxygens (including phenoxy) is 3. The fourth-order valence-electron chi connectivity index (χ4n) is 3.49. The van der Waals surface area contributed by atoms with Gasteiger partial charge in [-0.15, -0.1) is 0 Å². The van der Waals surface area contributed by atoms with Crippen molar-refractivity contribution in [2.75, 3.05) is 0 Å². The Bertz CT molecular complexity index is 291. The molecule has 0 saturated carbocycles. The largest absolute Gasteiger partial charge is 0.335 e. The third kappa shape index (κ3) is 4.90. The van der Waals surface area contributed by atoms with Gasteiger partial charge in [0.1, 0.15) is 10.0 Å². The first kappa shape index (κ1) is 18.2. The highest BCUT2D eigenvalue weighted by Crippen LogP contribution is 2.44. The van der Waals surface area contributed by atoms with E-state index < -0.39 is 11.6 Å². The minimum Gasteiger partial charge on any atom is -0.335 e. The average molecular weight is 428 g/mol.